The first kappa shape index (κ1) is 12.1. The van der Waals surface area contributed by atoms with E-state index in [4.69, 9.17) is 5.11 Å². The van der Waals surface area contributed by atoms with Crippen molar-refractivity contribution >= 4 is 22.9 Å². The quantitative estimate of drug-likeness (QED) is 0.736. The highest BCUT2D eigenvalue weighted by molar-refractivity contribution is 7.99. The van der Waals surface area contributed by atoms with E-state index in [1.54, 1.807) is 18.1 Å². The maximum Gasteiger partial charge on any atom is 0.164 e. The molecule has 19 heavy (non-hydrogen) atoms. The van der Waals surface area contributed by atoms with E-state index in [1.165, 1.54) is 6.33 Å². The highest BCUT2D eigenvalue weighted by Gasteiger charge is 2.10. The number of aromatic nitrogens is 4. The Morgan fingerprint density at radius 2 is 1.95 bits per heavy atom. The van der Waals surface area contributed by atoms with Crippen LogP contribution in [0, 0.1) is 0 Å². The Hall–Kier alpha value is -1.92. The van der Waals surface area contributed by atoms with Gasteiger partial charge in [0.05, 0.1) is 12.9 Å². The average molecular weight is 272 g/mol. The second kappa shape index (κ2) is 5.38. The largest absolute Gasteiger partial charge is 0.395 e. The zero-order valence-corrected chi connectivity index (χ0v) is 10.9. The van der Waals surface area contributed by atoms with Crippen molar-refractivity contribution in [2.75, 3.05) is 6.61 Å². The molecule has 0 fully saturated rings. The number of aliphatic hydroxyl groups excluding tert-OH is 1. The lowest BCUT2D eigenvalue weighted by atomic mass is 10.4. The summed E-state index contributed by atoms with van der Waals surface area (Å²) in [6.45, 7) is 0.555. The Labute approximate surface area is 114 Å². The maximum absolute atomic E-state index is 9.00. The number of aliphatic hydroxyl groups is 1. The second-order valence-electron chi connectivity index (χ2n) is 3.93. The SMILES string of the molecule is OCCn1cnc2c(Sc3ccccc3)ncnc21. The lowest BCUT2D eigenvalue weighted by molar-refractivity contribution is 0.277. The highest BCUT2D eigenvalue weighted by Crippen LogP contribution is 2.29. The zero-order chi connectivity index (χ0) is 13.1. The molecule has 3 aromatic rings. The first-order chi connectivity index (χ1) is 9.38. The van der Waals surface area contributed by atoms with E-state index in [-0.39, 0.29) is 6.61 Å². The van der Waals surface area contributed by atoms with E-state index >= 15 is 0 Å². The third-order valence-corrected chi connectivity index (χ3v) is 3.67. The molecule has 0 bridgehead atoms. The van der Waals surface area contributed by atoms with Gasteiger partial charge in [-0.2, -0.15) is 0 Å². The summed E-state index contributed by atoms with van der Waals surface area (Å²) in [5.41, 5.74) is 1.52. The van der Waals surface area contributed by atoms with Gasteiger partial charge < -0.3 is 9.67 Å². The predicted molar refractivity (Wildman–Crippen MR) is 73.0 cm³/mol. The van der Waals surface area contributed by atoms with Crippen LogP contribution >= 0.6 is 11.8 Å². The summed E-state index contributed by atoms with van der Waals surface area (Å²) in [6.07, 6.45) is 3.22. The molecule has 0 spiro atoms. The van der Waals surface area contributed by atoms with Gasteiger partial charge in [-0.3, -0.25) is 0 Å². The highest BCUT2D eigenvalue weighted by atomic mass is 32.2. The predicted octanol–water partition coefficient (Wildman–Crippen LogP) is 1.97. The minimum absolute atomic E-state index is 0.0661. The molecule has 0 saturated heterocycles. The van der Waals surface area contributed by atoms with E-state index in [1.807, 2.05) is 34.9 Å². The molecule has 96 valence electrons. The fraction of sp³-hybridized carbons (Fsp3) is 0.154. The molecular weight excluding hydrogens is 260 g/mol. The van der Waals surface area contributed by atoms with Crippen LogP contribution in [0.4, 0.5) is 0 Å². The summed E-state index contributed by atoms with van der Waals surface area (Å²) in [5.74, 6) is 0. The lowest BCUT2D eigenvalue weighted by Gasteiger charge is -2.02. The van der Waals surface area contributed by atoms with Gasteiger partial charge in [-0.05, 0) is 12.1 Å². The van der Waals surface area contributed by atoms with Gasteiger partial charge in [0, 0.05) is 11.4 Å². The normalized spacial score (nSPS) is 11.0. The molecule has 1 aromatic carbocycles. The van der Waals surface area contributed by atoms with Gasteiger partial charge in [0.2, 0.25) is 0 Å². The van der Waals surface area contributed by atoms with Crippen LogP contribution in [0.1, 0.15) is 0 Å². The Morgan fingerprint density at radius 1 is 1.11 bits per heavy atom. The van der Waals surface area contributed by atoms with Crippen LogP contribution in [0.2, 0.25) is 0 Å². The van der Waals surface area contributed by atoms with Crippen molar-refractivity contribution in [1.82, 2.24) is 19.5 Å². The van der Waals surface area contributed by atoms with Crippen LogP contribution in [0.15, 0.2) is 52.9 Å². The molecule has 5 nitrogen and oxygen atoms in total. The van der Waals surface area contributed by atoms with E-state index in [9.17, 15) is 0 Å². The number of rotatable bonds is 4. The summed E-state index contributed by atoms with van der Waals surface area (Å²) in [6, 6.07) is 10.0. The Balaban J connectivity index is 2.00. The molecule has 2 heterocycles. The van der Waals surface area contributed by atoms with Gasteiger partial charge in [-0.25, -0.2) is 15.0 Å². The van der Waals surface area contributed by atoms with Crippen LogP contribution in [0.25, 0.3) is 11.2 Å². The molecule has 2 aromatic heterocycles. The number of hydrogen-bond acceptors (Lipinski definition) is 5. The Morgan fingerprint density at radius 3 is 2.74 bits per heavy atom. The number of nitrogens with zero attached hydrogens (tertiary/aromatic N) is 4. The van der Waals surface area contributed by atoms with Gasteiger partial charge in [0.25, 0.3) is 0 Å². The molecule has 0 aliphatic carbocycles. The standard InChI is InChI=1S/C13H12N4OS/c18-7-6-17-9-16-11-12(17)14-8-15-13(11)19-10-4-2-1-3-5-10/h1-5,8-9,18H,6-7H2. The number of hydrogen-bond donors (Lipinski definition) is 1. The molecule has 0 aliphatic heterocycles. The molecular formula is C13H12N4OS. The number of imidazole rings is 1. The van der Waals surface area contributed by atoms with Crippen molar-refractivity contribution < 1.29 is 5.11 Å². The van der Waals surface area contributed by atoms with Gasteiger partial charge in [-0.15, -0.1) is 0 Å². The Bertz CT molecular complexity index is 683. The molecule has 0 atom stereocenters. The van der Waals surface area contributed by atoms with Gasteiger partial charge in [0.1, 0.15) is 16.9 Å². The molecule has 0 radical (unpaired) electrons. The van der Waals surface area contributed by atoms with Crippen LogP contribution in [-0.4, -0.2) is 31.2 Å². The monoisotopic (exact) mass is 272 g/mol. The van der Waals surface area contributed by atoms with Crippen LogP contribution < -0.4 is 0 Å². The summed E-state index contributed by atoms with van der Waals surface area (Å²) < 4.78 is 1.83. The van der Waals surface area contributed by atoms with Crippen molar-refractivity contribution in [3.63, 3.8) is 0 Å². The minimum Gasteiger partial charge on any atom is -0.395 e. The molecule has 6 heteroatoms. The fourth-order valence-electron chi connectivity index (χ4n) is 1.81. The van der Waals surface area contributed by atoms with E-state index < -0.39 is 0 Å². The third-order valence-electron chi connectivity index (χ3n) is 2.67. The molecule has 0 saturated carbocycles. The number of fused-ring (bicyclic) bond motifs is 1. The summed E-state index contributed by atoms with van der Waals surface area (Å²) in [5, 5.41) is 9.83. The lowest BCUT2D eigenvalue weighted by Crippen LogP contribution is -2.01. The van der Waals surface area contributed by atoms with Crippen LogP contribution in [0.5, 0.6) is 0 Å². The molecule has 1 N–H and O–H groups in total. The minimum atomic E-state index is 0.0661. The van der Waals surface area contributed by atoms with Gasteiger partial charge >= 0.3 is 0 Å². The van der Waals surface area contributed by atoms with Crippen LogP contribution in [-0.2, 0) is 6.54 Å². The summed E-state index contributed by atoms with van der Waals surface area (Å²) >= 11 is 1.56. The third kappa shape index (κ3) is 2.45. The van der Waals surface area contributed by atoms with E-state index in [2.05, 4.69) is 15.0 Å². The van der Waals surface area contributed by atoms with Gasteiger partial charge in [-0.1, -0.05) is 30.0 Å². The van der Waals surface area contributed by atoms with E-state index in [0.29, 0.717) is 6.54 Å². The van der Waals surface area contributed by atoms with E-state index in [0.717, 1.165) is 21.1 Å². The Kier molecular flexibility index (Phi) is 3.43. The second-order valence-corrected chi connectivity index (χ2v) is 4.99. The van der Waals surface area contributed by atoms with Crippen molar-refractivity contribution in [1.29, 1.82) is 0 Å². The topological polar surface area (TPSA) is 63.8 Å². The van der Waals surface area contributed by atoms with Crippen molar-refractivity contribution in [3.8, 4) is 0 Å². The maximum atomic E-state index is 9.00. The van der Waals surface area contributed by atoms with Crippen molar-refractivity contribution in [2.45, 2.75) is 16.5 Å². The molecule has 0 amide bonds. The first-order valence-electron chi connectivity index (χ1n) is 5.88. The fourth-order valence-corrected chi connectivity index (χ4v) is 2.66. The van der Waals surface area contributed by atoms with Gasteiger partial charge in [0.15, 0.2) is 5.65 Å². The average Bonchev–Trinajstić information content (AvgIpc) is 2.85. The molecule has 3 rings (SSSR count). The molecule has 0 unspecified atom stereocenters. The molecule has 0 aliphatic rings. The summed E-state index contributed by atoms with van der Waals surface area (Å²) in [7, 11) is 0. The van der Waals surface area contributed by atoms with Crippen LogP contribution in [0.3, 0.4) is 0 Å². The smallest absolute Gasteiger partial charge is 0.164 e. The first-order valence-corrected chi connectivity index (χ1v) is 6.70. The van der Waals surface area contributed by atoms with Crippen molar-refractivity contribution in [3.05, 3.63) is 43.0 Å². The number of benzene rings is 1. The van der Waals surface area contributed by atoms with Crippen molar-refractivity contribution in [2.24, 2.45) is 0 Å². The zero-order valence-electron chi connectivity index (χ0n) is 10.1. The summed E-state index contributed by atoms with van der Waals surface area (Å²) in [4.78, 5) is 14.0.